The van der Waals surface area contributed by atoms with Gasteiger partial charge in [0, 0.05) is 31.7 Å². The molecule has 1 fully saturated rings. The molecule has 1 heterocycles. The molecule has 0 saturated carbocycles. The van der Waals surface area contributed by atoms with Crippen molar-refractivity contribution in [3.05, 3.63) is 29.8 Å². The number of nitrogens with one attached hydrogen (secondary N) is 2. The first-order valence-electron chi connectivity index (χ1n) is 9.93. The van der Waals surface area contributed by atoms with Gasteiger partial charge in [0.1, 0.15) is 5.75 Å². The second-order valence-corrected chi connectivity index (χ2v) is 7.32. The monoisotopic (exact) mass is 489 g/mol. The molecule has 0 radical (unpaired) electrons. The lowest BCUT2D eigenvalue weighted by Crippen LogP contribution is -2.42. The van der Waals surface area contributed by atoms with Crippen molar-refractivity contribution >= 4 is 29.9 Å². The number of aliphatic imine (C=N–C) groups is 1. The van der Waals surface area contributed by atoms with Crippen molar-refractivity contribution in [2.75, 3.05) is 39.5 Å². The molecule has 0 spiro atoms. The summed E-state index contributed by atoms with van der Waals surface area (Å²) >= 11 is 0. The Kier molecular flexibility index (Phi) is 11.1. The summed E-state index contributed by atoms with van der Waals surface area (Å²) in [5, 5.41) is 6.80. The molecule has 6 heteroatoms. The zero-order valence-corrected chi connectivity index (χ0v) is 19.5. The van der Waals surface area contributed by atoms with E-state index in [1.54, 1.807) is 0 Å². The Balaban J connectivity index is 0.00000364. The number of benzene rings is 1. The van der Waals surface area contributed by atoms with Gasteiger partial charge in [-0.15, -0.1) is 24.0 Å². The quantitative estimate of drug-likeness (QED) is 0.330. The van der Waals surface area contributed by atoms with Crippen LogP contribution in [0.4, 0.5) is 0 Å². The zero-order valence-electron chi connectivity index (χ0n) is 17.2. The molecular formula is C21H36IN3O2. The molecule has 27 heavy (non-hydrogen) atoms. The van der Waals surface area contributed by atoms with Crippen molar-refractivity contribution in [1.82, 2.24) is 10.6 Å². The van der Waals surface area contributed by atoms with Gasteiger partial charge in [0.25, 0.3) is 0 Å². The third kappa shape index (κ3) is 7.49. The molecule has 0 bridgehead atoms. The van der Waals surface area contributed by atoms with Crippen LogP contribution in [0.3, 0.4) is 0 Å². The van der Waals surface area contributed by atoms with Gasteiger partial charge in [-0.25, -0.2) is 0 Å². The second-order valence-electron chi connectivity index (χ2n) is 7.32. The molecule has 0 amide bonds. The highest BCUT2D eigenvalue weighted by Gasteiger charge is 2.34. The molecular weight excluding hydrogens is 453 g/mol. The first-order chi connectivity index (χ1) is 12.6. The normalized spacial score (nSPS) is 16.6. The molecule has 0 aromatic heterocycles. The van der Waals surface area contributed by atoms with Gasteiger partial charge < -0.3 is 20.1 Å². The smallest absolute Gasteiger partial charge is 0.191 e. The SMILES string of the molecule is CCNC(=NCC1(c2ccc(OCC)cc2)CCOCC1)NCC(C)C.I. The maximum Gasteiger partial charge on any atom is 0.191 e. The summed E-state index contributed by atoms with van der Waals surface area (Å²) in [4.78, 5) is 4.92. The standard InChI is InChI=1S/C21H35N3O2.HI/c1-5-22-20(23-15-17(3)4)24-16-21(11-13-25-14-12-21)18-7-9-19(10-8-18)26-6-2;/h7-10,17H,5-6,11-16H2,1-4H3,(H2,22,23,24);1H. The Bertz CT molecular complexity index is 555. The number of ether oxygens (including phenoxy) is 2. The molecule has 0 atom stereocenters. The Morgan fingerprint density at radius 3 is 2.37 bits per heavy atom. The van der Waals surface area contributed by atoms with Gasteiger partial charge in [-0.1, -0.05) is 26.0 Å². The summed E-state index contributed by atoms with van der Waals surface area (Å²) in [5.41, 5.74) is 1.36. The van der Waals surface area contributed by atoms with Crippen LogP contribution in [0.2, 0.25) is 0 Å². The minimum absolute atomic E-state index is 0. The van der Waals surface area contributed by atoms with E-state index in [2.05, 4.69) is 55.7 Å². The lowest BCUT2D eigenvalue weighted by molar-refractivity contribution is 0.0531. The van der Waals surface area contributed by atoms with Crippen molar-refractivity contribution in [3.63, 3.8) is 0 Å². The summed E-state index contributed by atoms with van der Waals surface area (Å²) in [6, 6.07) is 8.53. The molecule has 1 aromatic carbocycles. The summed E-state index contributed by atoms with van der Waals surface area (Å²) < 4.78 is 11.2. The van der Waals surface area contributed by atoms with Gasteiger partial charge in [0.15, 0.2) is 5.96 Å². The summed E-state index contributed by atoms with van der Waals surface area (Å²) in [6.45, 7) is 13.3. The Morgan fingerprint density at radius 2 is 1.81 bits per heavy atom. The average molecular weight is 489 g/mol. The Labute approximate surface area is 181 Å². The van der Waals surface area contributed by atoms with Gasteiger partial charge in [-0.05, 0) is 50.3 Å². The van der Waals surface area contributed by atoms with E-state index in [0.29, 0.717) is 12.5 Å². The number of rotatable bonds is 8. The van der Waals surface area contributed by atoms with Gasteiger partial charge in [-0.2, -0.15) is 0 Å². The van der Waals surface area contributed by atoms with E-state index >= 15 is 0 Å². The molecule has 154 valence electrons. The van der Waals surface area contributed by atoms with Crippen molar-refractivity contribution in [3.8, 4) is 5.75 Å². The third-order valence-electron chi connectivity index (χ3n) is 4.79. The van der Waals surface area contributed by atoms with Crippen LogP contribution < -0.4 is 15.4 Å². The highest BCUT2D eigenvalue weighted by molar-refractivity contribution is 14.0. The Morgan fingerprint density at radius 1 is 1.15 bits per heavy atom. The Hall–Kier alpha value is -1.02. The number of halogens is 1. The summed E-state index contributed by atoms with van der Waals surface area (Å²) in [5.74, 6) is 2.41. The maximum absolute atomic E-state index is 5.64. The molecule has 1 aliphatic rings. The molecule has 2 N–H and O–H groups in total. The fraction of sp³-hybridized carbons (Fsp3) is 0.667. The van der Waals surface area contributed by atoms with Crippen molar-refractivity contribution in [1.29, 1.82) is 0 Å². The molecule has 0 aliphatic carbocycles. The van der Waals surface area contributed by atoms with E-state index in [1.165, 1.54) is 5.56 Å². The molecule has 1 aromatic rings. The minimum Gasteiger partial charge on any atom is -0.494 e. The number of hydrogen-bond acceptors (Lipinski definition) is 3. The largest absolute Gasteiger partial charge is 0.494 e. The molecule has 2 rings (SSSR count). The predicted octanol–water partition coefficient (Wildman–Crippen LogP) is 3.96. The van der Waals surface area contributed by atoms with Gasteiger partial charge in [-0.3, -0.25) is 4.99 Å². The lowest BCUT2D eigenvalue weighted by Gasteiger charge is -2.36. The van der Waals surface area contributed by atoms with Crippen LogP contribution in [0.15, 0.2) is 29.3 Å². The van der Waals surface area contributed by atoms with E-state index in [0.717, 1.165) is 57.4 Å². The fourth-order valence-electron chi connectivity index (χ4n) is 3.24. The molecule has 1 aliphatic heterocycles. The number of guanidine groups is 1. The second kappa shape index (κ2) is 12.4. The molecule has 5 nitrogen and oxygen atoms in total. The maximum atomic E-state index is 5.64. The summed E-state index contributed by atoms with van der Waals surface area (Å²) in [6.07, 6.45) is 1.99. The van der Waals surface area contributed by atoms with Crippen molar-refractivity contribution in [2.24, 2.45) is 10.9 Å². The zero-order chi connectivity index (χ0) is 18.8. The van der Waals surface area contributed by atoms with Crippen LogP contribution in [-0.2, 0) is 10.2 Å². The predicted molar refractivity (Wildman–Crippen MR) is 124 cm³/mol. The minimum atomic E-state index is 0. The van der Waals surface area contributed by atoms with Crippen LogP contribution in [-0.4, -0.2) is 45.4 Å². The van der Waals surface area contributed by atoms with Crippen molar-refractivity contribution in [2.45, 2.75) is 46.0 Å². The van der Waals surface area contributed by atoms with Crippen molar-refractivity contribution < 1.29 is 9.47 Å². The fourth-order valence-corrected chi connectivity index (χ4v) is 3.24. The first kappa shape index (κ1) is 24.0. The van der Waals surface area contributed by atoms with E-state index in [4.69, 9.17) is 14.5 Å². The number of nitrogens with zero attached hydrogens (tertiary/aromatic N) is 1. The topological polar surface area (TPSA) is 54.9 Å². The highest BCUT2D eigenvalue weighted by Crippen LogP contribution is 2.36. The third-order valence-corrected chi connectivity index (χ3v) is 4.79. The van der Waals surface area contributed by atoms with Crippen LogP contribution in [0, 0.1) is 5.92 Å². The van der Waals surface area contributed by atoms with E-state index in [9.17, 15) is 0 Å². The molecule has 0 unspecified atom stereocenters. The summed E-state index contributed by atoms with van der Waals surface area (Å²) in [7, 11) is 0. The molecule has 1 saturated heterocycles. The van der Waals surface area contributed by atoms with Crippen LogP contribution in [0.25, 0.3) is 0 Å². The van der Waals surface area contributed by atoms with Crippen LogP contribution in [0.1, 0.15) is 46.1 Å². The van der Waals surface area contributed by atoms with E-state index < -0.39 is 0 Å². The van der Waals surface area contributed by atoms with Crippen LogP contribution in [0.5, 0.6) is 5.75 Å². The van der Waals surface area contributed by atoms with Gasteiger partial charge >= 0.3 is 0 Å². The lowest BCUT2D eigenvalue weighted by atomic mass is 9.74. The van der Waals surface area contributed by atoms with Gasteiger partial charge in [0.2, 0.25) is 0 Å². The van der Waals surface area contributed by atoms with E-state index in [1.807, 2.05) is 6.92 Å². The van der Waals surface area contributed by atoms with Gasteiger partial charge in [0.05, 0.1) is 13.2 Å². The number of hydrogen-bond donors (Lipinski definition) is 2. The van der Waals surface area contributed by atoms with E-state index in [-0.39, 0.29) is 29.4 Å². The first-order valence-corrected chi connectivity index (χ1v) is 9.93. The average Bonchev–Trinajstić information content (AvgIpc) is 2.65. The van der Waals surface area contributed by atoms with Crippen LogP contribution >= 0.6 is 24.0 Å². The highest BCUT2D eigenvalue weighted by atomic mass is 127.